The number of ether oxygens (including phenoxy) is 3. The Morgan fingerprint density at radius 1 is 1.03 bits per heavy atom. The van der Waals surface area contributed by atoms with E-state index in [4.69, 9.17) is 14.2 Å². The fourth-order valence-corrected chi connectivity index (χ4v) is 5.40. The predicted octanol–water partition coefficient (Wildman–Crippen LogP) is 2.85. The van der Waals surface area contributed by atoms with Crippen molar-refractivity contribution in [3.8, 4) is 17.2 Å². The lowest BCUT2D eigenvalue weighted by molar-refractivity contribution is 0.0680. The molecule has 2 aromatic carbocycles. The number of amides is 1. The highest BCUT2D eigenvalue weighted by Gasteiger charge is 2.35. The highest BCUT2D eigenvalue weighted by Crippen LogP contribution is 2.39. The van der Waals surface area contributed by atoms with Gasteiger partial charge in [0.05, 0.1) is 32.8 Å². The number of nitrogens with zero attached hydrogens (tertiary/aromatic N) is 1. The van der Waals surface area contributed by atoms with Crippen LogP contribution in [0, 0.1) is 6.92 Å². The molecule has 0 aromatic heterocycles. The Labute approximate surface area is 177 Å². The first-order valence-electron chi connectivity index (χ1n) is 9.65. The maximum Gasteiger partial charge on any atom is 0.254 e. The van der Waals surface area contributed by atoms with Crippen LogP contribution in [0.15, 0.2) is 36.4 Å². The van der Waals surface area contributed by atoms with Crippen LogP contribution in [0.2, 0.25) is 0 Å². The molecule has 0 unspecified atom stereocenters. The van der Waals surface area contributed by atoms with Crippen LogP contribution in [0.5, 0.6) is 17.2 Å². The maximum atomic E-state index is 13.3. The van der Waals surface area contributed by atoms with E-state index in [0.29, 0.717) is 29.2 Å². The normalized spacial score (nSPS) is 17.4. The molecule has 30 heavy (non-hydrogen) atoms. The number of rotatable bonds is 7. The Morgan fingerprint density at radius 2 is 1.63 bits per heavy atom. The van der Waals surface area contributed by atoms with Crippen molar-refractivity contribution in [3.63, 3.8) is 0 Å². The number of aryl methyl sites for hydroxylation is 1. The van der Waals surface area contributed by atoms with E-state index in [1.807, 2.05) is 19.1 Å². The zero-order valence-corrected chi connectivity index (χ0v) is 18.5. The largest absolute Gasteiger partial charge is 0.493 e. The summed E-state index contributed by atoms with van der Waals surface area (Å²) in [5.74, 6) is 1.27. The standard InChI is InChI=1S/C22H27NO6S/c1-15-5-7-17(8-6-15)22(24)23(18-9-10-30(25,26)14-18)13-16-11-19(27-2)21(29-4)20(12-16)28-3/h5-8,11-12,18H,9-10,13-14H2,1-4H3/t18-/m0/s1. The fraction of sp³-hybridized carbons (Fsp3) is 0.409. The maximum absolute atomic E-state index is 13.3. The number of benzene rings is 2. The quantitative estimate of drug-likeness (QED) is 0.668. The number of carbonyl (C=O) groups excluding carboxylic acids is 1. The van der Waals surface area contributed by atoms with E-state index in [1.54, 1.807) is 29.2 Å². The number of hydrogen-bond donors (Lipinski definition) is 0. The summed E-state index contributed by atoms with van der Waals surface area (Å²) in [5.41, 5.74) is 2.33. The fourth-order valence-electron chi connectivity index (χ4n) is 3.67. The number of methoxy groups -OCH3 is 3. The summed E-state index contributed by atoms with van der Waals surface area (Å²) in [4.78, 5) is 15.0. The molecule has 7 nitrogen and oxygen atoms in total. The van der Waals surface area contributed by atoms with E-state index in [0.717, 1.165) is 11.1 Å². The Hall–Kier alpha value is -2.74. The molecule has 1 amide bonds. The minimum atomic E-state index is -3.15. The zero-order valence-electron chi connectivity index (χ0n) is 17.7. The van der Waals surface area contributed by atoms with E-state index in [-0.39, 0.29) is 30.0 Å². The Morgan fingerprint density at radius 3 is 2.10 bits per heavy atom. The van der Waals surface area contributed by atoms with Crippen molar-refractivity contribution in [1.82, 2.24) is 4.90 Å². The second kappa shape index (κ2) is 8.95. The van der Waals surface area contributed by atoms with Crippen molar-refractivity contribution in [2.45, 2.75) is 25.9 Å². The molecule has 0 radical (unpaired) electrons. The van der Waals surface area contributed by atoms with Crippen LogP contribution in [-0.2, 0) is 16.4 Å². The van der Waals surface area contributed by atoms with Gasteiger partial charge in [-0.15, -0.1) is 0 Å². The summed E-state index contributed by atoms with van der Waals surface area (Å²) in [6.45, 7) is 2.18. The molecule has 0 saturated carbocycles. The van der Waals surface area contributed by atoms with Gasteiger partial charge in [0, 0.05) is 18.2 Å². The third kappa shape index (κ3) is 4.70. The van der Waals surface area contributed by atoms with Gasteiger partial charge in [0.2, 0.25) is 5.75 Å². The smallest absolute Gasteiger partial charge is 0.254 e. The van der Waals surface area contributed by atoms with Crippen LogP contribution in [0.1, 0.15) is 27.9 Å². The average molecular weight is 434 g/mol. The van der Waals surface area contributed by atoms with Gasteiger partial charge in [-0.3, -0.25) is 4.79 Å². The summed E-state index contributed by atoms with van der Waals surface area (Å²) in [5, 5.41) is 0. The predicted molar refractivity (Wildman–Crippen MR) is 114 cm³/mol. The van der Waals surface area contributed by atoms with Gasteiger partial charge in [-0.2, -0.15) is 0 Å². The molecule has 1 saturated heterocycles. The van der Waals surface area contributed by atoms with E-state index in [9.17, 15) is 13.2 Å². The summed E-state index contributed by atoms with van der Waals surface area (Å²) in [6.07, 6.45) is 0.421. The number of sulfone groups is 1. The van der Waals surface area contributed by atoms with Crippen LogP contribution >= 0.6 is 0 Å². The second-order valence-corrected chi connectivity index (χ2v) is 9.62. The van der Waals surface area contributed by atoms with Crippen LogP contribution in [0.3, 0.4) is 0 Å². The lowest BCUT2D eigenvalue weighted by Crippen LogP contribution is -2.40. The van der Waals surface area contributed by atoms with Gasteiger partial charge in [0.1, 0.15) is 0 Å². The van der Waals surface area contributed by atoms with E-state index >= 15 is 0 Å². The van der Waals surface area contributed by atoms with Gasteiger partial charge in [0.15, 0.2) is 21.3 Å². The zero-order chi connectivity index (χ0) is 21.9. The highest BCUT2D eigenvalue weighted by molar-refractivity contribution is 7.91. The summed E-state index contributed by atoms with van der Waals surface area (Å²) >= 11 is 0. The van der Waals surface area contributed by atoms with E-state index < -0.39 is 9.84 Å². The first kappa shape index (κ1) is 22.0. The Bertz CT molecular complexity index is 991. The Balaban J connectivity index is 1.99. The molecule has 8 heteroatoms. The van der Waals surface area contributed by atoms with Crippen molar-refractivity contribution >= 4 is 15.7 Å². The molecule has 0 spiro atoms. The van der Waals surface area contributed by atoms with Crippen LogP contribution in [0.25, 0.3) is 0 Å². The number of carbonyl (C=O) groups is 1. The first-order chi connectivity index (χ1) is 14.3. The molecule has 2 aromatic rings. The molecule has 0 bridgehead atoms. The van der Waals surface area contributed by atoms with Gasteiger partial charge in [-0.25, -0.2) is 8.42 Å². The van der Waals surface area contributed by atoms with E-state index in [2.05, 4.69) is 0 Å². The second-order valence-electron chi connectivity index (χ2n) is 7.39. The third-order valence-electron chi connectivity index (χ3n) is 5.29. The summed E-state index contributed by atoms with van der Waals surface area (Å²) < 4.78 is 40.4. The topological polar surface area (TPSA) is 82.1 Å². The molecular weight excluding hydrogens is 406 g/mol. The average Bonchev–Trinajstić information content (AvgIpc) is 3.10. The minimum Gasteiger partial charge on any atom is -0.493 e. The monoisotopic (exact) mass is 433 g/mol. The molecule has 1 aliphatic rings. The van der Waals surface area contributed by atoms with Gasteiger partial charge in [0.25, 0.3) is 5.91 Å². The summed E-state index contributed by atoms with van der Waals surface area (Å²) in [7, 11) is 1.42. The van der Waals surface area contributed by atoms with Crippen molar-refractivity contribution in [1.29, 1.82) is 0 Å². The summed E-state index contributed by atoms with van der Waals surface area (Å²) in [6, 6.07) is 10.4. The van der Waals surface area contributed by atoms with Gasteiger partial charge in [-0.1, -0.05) is 17.7 Å². The van der Waals surface area contributed by atoms with Gasteiger partial charge in [-0.05, 0) is 43.2 Å². The first-order valence-corrected chi connectivity index (χ1v) is 11.5. The molecule has 1 heterocycles. The molecule has 162 valence electrons. The molecular formula is C22H27NO6S. The van der Waals surface area contributed by atoms with Crippen molar-refractivity contribution in [3.05, 3.63) is 53.1 Å². The van der Waals surface area contributed by atoms with Crippen LogP contribution in [0.4, 0.5) is 0 Å². The van der Waals surface area contributed by atoms with Crippen LogP contribution in [-0.4, -0.2) is 58.1 Å². The lowest BCUT2D eigenvalue weighted by Gasteiger charge is -2.29. The lowest BCUT2D eigenvalue weighted by atomic mass is 10.1. The molecule has 1 fully saturated rings. The van der Waals surface area contributed by atoms with Gasteiger partial charge >= 0.3 is 0 Å². The highest BCUT2D eigenvalue weighted by atomic mass is 32.2. The molecule has 0 N–H and O–H groups in total. The number of hydrogen-bond acceptors (Lipinski definition) is 6. The van der Waals surface area contributed by atoms with Crippen molar-refractivity contribution in [2.24, 2.45) is 0 Å². The van der Waals surface area contributed by atoms with E-state index in [1.165, 1.54) is 21.3 Å². The molecule has 1 atom stereocenters. The SMILES string of the molecule is COc1cc(CN(C(=O)c2ccc(C)cc2)[C@H]2CCS(=O)(=O)C2)cc(OC)c1OC. The van der Waals surface area contributed by atoms with Crippen molar-refractivity contribution < 1.29 is 27.4 Å². The van der Waals surface area contributed by atoms with Crippen LogP contribution < -0.4 is 14.2 Å². The Kier molecular flexibility index (Phi) is 6.55. The molecule has 0 aliphatic carbocycles. The molecule has 3 rings (SSSR count). The van der Waals surface area contributed by atoms with Crippen molar-refractivity contribution in [2.75, 3.05) is 32.8 Å². The third-order valence-corrected chi connectivity index (χ3v) is 7.04. The van der Waals surface area contributed by atoms with Gasteiger partial charge < -0.3 is 19.1 Å². The molecule has 1 aliphatic heterocycles. The minimum absolute atomic E-state index is 0.0327.